The standard InChI is InChI=1S/C23H27N3O5S/c1-2-22(27)24-19-9-6-15-26(16-14-19)32(29,30)21-12-10-20(11-13-21)25-23(28)31-17-18-7-4-3-5-8-18/h2-5,7-8,10-13,19H,1,6,9,14-17H2,(H,24,27)(H,25,28). The van der Waals surface area contributed by atoms with Gasteiger partial charge >= 0.3 is 6.09 Å². The minimum Gasteiger partial charge on any atom is -0.444 e. The topological polar surface area (TPSA) is 105 Å². The third-order valence-corrected chi connectivity index (χ3v) is 7.08. The van der Waals surface area contributed by atoms with E-state index < -0.39 is 16.1 Å². The summed E-state index contributed by atoms with van der Waals surface area (Å²) in [5.41, 5.74) is 1.30. The quantitative estimate of drug-likeness (QED) is 0.621. The van der Waals surface area contributed by atoms with Crippen LogP contribution in [0.4, 0.5) is 10.5 Å². The normalized spacial score (nSPS) is 17.1. The Kier molecular flexibility index (Phi) is 8.02. The van der Waals surface area contributed by atoms with Crippen molar-refractivity contribution < 1.29 is 22.7 Å². The Morgan fingerprint density at radius 2 is 1.78 bits per heavy atom. The minimum absolute atomic E-state index is 0.0748. The number of hydrogen-bond donors (Lipinski definition) is 2. The molecule has 0 bridgehead atoms. The second-order valence-corrected chi connectivity index (χ2v) is 9.39. The molecule has 8 nitrogen and oxygen atoms in total. The molecular formula is C23H27N3O5S. The summed E-state index contributed by atoms with van der Waals surface area (Å²) in [6.45, 7) is 4.28. The maximum atomic E-state index is 13.0. The number of amides is 2. The van der Waals surface area contributed by atoms with E-state index in [1.807, 2.05) is 30.3 Å². The molecule has 0 aromatic heterocycles. The maximum absolute atomic E-state index is 13.0. The average molecular weight is 458 g/mol. The van der Waals surface area contributed by atoms with Gasteiger partial charge < -0.3 is 10.1 Å². The van der Waals surface area contributed by atoms with Crippen LogP contribution in [-0.2, 0) is 26.2 Å². The van der Waals surface area contributed by atoms with Crippen LogP contribution >= 0.6 is 0 Å². The lowest BCUT2D eigenvalue weighted by Gasteiger charge is -2.20. The highest BCUT2D eigenvalue weighted by atomic mass is 32.2. The number of nitrogens with one attached hydrogen (secondary N) is 2. The van der Waals surface area contributed by atoms with Gasteiger partial charge in [-0.15, -0.1) is 0 Å². The number of carbonyl (C=O) groups is 2. The van der Waals surface area contributed by atoms with Gasteiger partial charge in [0.05, 0.1) is 4.90 Å². The highest BCUT2D eigenvalue weighted by molar-refractivity contribution is 7.89. The molecule has 1 unspecified atom stereocenters. The van der Waals surface area contributed by atoms with Gasteiger partial charge in [0.15, 0.2) is 0 Å². The SMILES string of the molecule is C=CC(=O)NC1CCCN(S(=O)(=O)c2ccc(NC(=O)OCc3ccccc3)cc2)CC1. The molecule has 1 fully saturated rings. The smallest absolute Gasteiger partial charge is 0.411 e. The Labute approximate surface area is 188 Å². The molecule has 9 heteroatoms. The number of sulfonamides is 1. The van der Waals surface area contributed by atoms with Crippen LogP contribution < -0.4 is 10.6 Å². The number of carbonyl (C=O) groups excluding carboxylic acids is 2. The first kappa shape index (κ1) is 23.5. The van der Waals surface area contributed by atoms with E-state index in [2.05, 4.69) is 17.2 Å². The molecular weight excluding hydrogens is 430 g/mol. The average Bonchev–Trinajstić information content (AvgIpc) is 3.05. The molecule has 0 radical (unpaired) electrons. The molecule has 1 aliphatic heterocycles. The van der Waals surface area contributed by atoms with E-state index in [9.17, 15) is 18.0 Å². The van der Waals surface area contributed by atoms with E-state index in [0.717, 1.165) is 5.56 Å². The number of benzene rings is 2. The van der Waals surface area contributed by atoms with E-state index in [0.29, 0.717) is 38.0 Å². The summed E-state index contributed by atoms with van der Waals surface area (Å²) in [4.78, 5) is 23.6. The monoisotopic (exact) mass is 457 g/mol. The molecule has 1 atom stereocenters. The zero-order valence-electron chi connectivity index (χ0n) is 17.7. The summed E-state index contributed by atoms with van der Waals surface area (Å²) in [5.74, 6) is -0.253. The van der Waals surface area contributed by atoms with E-state index in [4.69, 9.17) is 4.74 Å². The second kappa shape index (κ2) is 10.9. The molecule has 1 saturated heterocycles. The van der Waals surface area contributed by atoms with Crippen molar-refractivity contribution in [1.82, 2.24) is 9.62 Å². The molecule has 2 amide bonds. The van der Waals surface area contributed by atoms with Gasteiger partial charge in [-0.25, -0.2) is 13.2 Å². The van der Waals surface area contributed by atoms with Gasteiger partial charge in [0, 0.05) is 24.8 Å². The van der Waals surface area contributed by atoms with Crippen LogP contribution in [0.1, 0.15) is 24.8 Å². The van der Waals surface area contributed by atoms with Gasteiger partial charge in [0.2, 0.25) is 15.9 Å². The molecule has 32 heavy (non-hydrogen) atoms. The Bertz CT molecular complexity index is 1040. The Morgan fingerprint density at radius 1 is 1.06 bits per heavy atom. The lowest BCUT2D eigenvalue weighted by Crippen LogP contribution is -2.36. The van der Waals surface area contributed by atoms with Gasteiger partial charge in [0.25, 0.3) is 0 Å². The van der Waals surface area contributed by atoms with Crippen molar-refractivity contribution in [2.24, 2.45) is 0 Å². The van der Waals surface area contributed by atoms with Crippen LogP contribution in [0.3, 0.4) is 0 Å². The van der Waals surface area contributed by atoms with Crippen molar-refractivity contribution in [2.75, 3.05) is 18.4 Å². The van der Waals surface area contributed by atoms with Crippen molar-refractivity contribution in [2.45, 2.75) is 36.8 Å². The summed E-state index contributed by atoms with van der Waals surface area (Å²) in [6.07, 6.45) is 2.48. The fraction of sp³-hybridized carbons (Fsp3) is 0.304. The van der Waals surface area contributed by atoms with Crippen LogP contribution in [0.25, 0.3) is 0 Å². The lowest BCUT2D eigenvalue weighted by atomic mass is 10.1. The number of hydrogen-bond acceptors (Lipinski definition) is 5. The number of ether oxygens (including phenoxy) is 1. The predicted molar refractivity (Wildman–Crippen MR) is 121 cm³/mol. The summed E-state index contributed by atoms with van der Waals surface area (Å²) >= 11 is 0. The van der Waals surface area contributed by atoms with Crippen LogP contribution in [-0.4, -0.2) is 43.9 Å². The number of nitrogens with zero attached hydrogens (tertiary/aromatic N) is 1. The molecule has 0 spiro atoms. The van der Waals surface area contributed by atoms with Crippen molar-refractivity contribution in [3.8, 4) is 0 Å². The van der Waals surface area contributed by atoms with E-state index in [-0.39, 0.29) is 23.5 Å². The third kappa shape index (κ3) is 6.41. The van der Waals surface area contributed by atoms with Crippen molar-refractivity contribution in [1.29, 1.82) is 0 Å². The van der Waals surface area contributed by atoms with Gasteiger partial charge in [-0.05, 0) is 55.2 Å². The molecule has 0 aliphatic carbocycles. The molecule has 2 N–H and O–H groups in total. The highest BCUT2D eigenvalue weighted by Crippen LogP contribution is 2.22. The highest BCUT2D eigenvalue weighted by Gasteiger charge is 2.28. The fourth-order valence-corrected chi connectivity index (χ4v) is 4.94. The zero-order valence-corrected chi connectivity index (χ0v) is 18.5. The Balaban J connectivity index is 1.56. The molecule has 1 aliphatic rings. The summed E-state index contributed by atoms with van der Waals surface area (Å²) < 4.78 is 32.7. The number of anilines is 1. The first-order valence-corrected chi connectivity index (χ1v) is 11.8. The van der Waals surface area contributed by atoms with Crippen molar-refractivity contribution >= 4 is 27.7 Å². The second-order valence-electron chi connectivity index (χ2n) is 7.46. The molecule has 0 saturated carbocycles. The molecule has 3 rings (SSSR count). The van der Waals surface area contributed by atoms with Crippen molar-refractivity contribution in [3.63, 3.8) is 0 Å². The minimum atomic E-state index is -3.68. The van der Waals surface area contributed by atoms with Crippen LogP contribution in [0.2, 0.25) is 0 Å². The first-order valence-electron chi connectivity index (χ1n) is 10.4. The fourth-order valence-electron chi connectivity index (χ4n) is 3.45. The number of rotatable bonds is 7. The van der Waals surface area contributed by atoms with Gasteiger partial charge in [-0.1, -0.05) is 36.9 Å². The zero-order chi connectivity index (χ0) is 23.0. The predicted octanol–water partition coefficient (Wildman–Crippen LogP) is 3.28. The largest absolute Gasteiger partial charge is 0.444 e. The third-order valence-electron chi connectivity index (χ3n) is 5.17. The van der Waals surface area contributed by atoms with Gasteiger partial charge in [-0.2, -0.15) is 4.31 Å². The van der Waals surface area contributed by atoms with Crippen LogP contribution in [0.15, 0.2) is 72.1 Å². The molecule has 2 aromatic carbocycles. The van der Waals surface area contributed by atoms with E-state index >= 15 is 0 Å². The molecule has 2 aromatic rings. The van der Waals surface area contributed by atoms with Gasteiger partial charge in [0.1, 0.15) is 6.61 Å². The van der Waals surface area contributed by atoms with Crippen LogP contribution in [0.5, 0.6) is 0 Å². The summed E-state index contributed by atoms with van der Waals surface area (Å²) in [6, 6.07) is 15.2. The van der Waals surface area contributed by atoms with E-state index in [1.165, 1.54) is 34.6 Å². The molecule has 170 valence electrons. The van der Waals surface area contributed by atoms with Crippen molar-refractivity contribution in [3.05, 3.63) is 72.8 Å². The molecule has 1 heterocycles. The Hall–Kier alpha value is -3.17. The summed E-state index contributed by atoms with van der Waals surface area (Å²) in [5, 5.41) is 5.43. The van der Waals surface area contributed by atoms with Gasteiger partial charge in [-0.3, -0.25) is 10.1 Å². The summed E-state index contributed by atoms with van der Waals surface area (Å²) in [7, 11) is -3.68. The Morgan fingerprint density at radius 3 is 2.47 bits per heavy atom. The lowest BCUT2D eigenvalue weighted by molar-refractivity contribution is -0.117. The maximum Gasteiger partial charge on any atom is 0.411 e. The first-order chi connectivity index (χ1) is 15.4. The van der Waals surface area contributed by atoms with Crippen LogP contribution in [0, 0.1) is 0 Å². The van der Waals surface area contributed by atoms with E-state index in [1.54, 1.807) is 0 Å².